The molecule has 7 heavy (non-hydrogen) atoms. The van der Waals surface area contributed by atoms with Gasteiger partial charge in [-0.2, -0.15) is 4.68 Å². The number of hydrogen-bond donors (Lipinski definition) is 1. The molecule has 0 saturated heterocycles. The number of H-pyrrole nitrogens is 1. The summed E-state index contributed by atoms with van der Waals surface area (Å²) >= 11 is 5.40. The van der Waals surface area contributed by atoms with Crippen molar-refractivity contribution in [3.63, 3.8) is 0 Å². The fraction of sp³-hybridized carbons (Fsp3) is 0.333. The van der Waals surface area contributed by atoms with Crippen LogP contribution in [-0.4, -0.2) is 10.3 Å². The van der Waals surface area contributed by atoms with Crippen LogP contribution in [0.1, 0.15) is 0 Å². The van der Waals surface area contributed by atoms with Gasteiger partial charge < -0.3 is 0 Å². The Morgan fingerprint density at radius 2 is 2.71 bits per heavy atom. The van der Waals surface area contributed by atoms with Crippen LogP contribution in [0.3, 0.4) is 0 Å². The summed E-state index contributed by atoms with van der Waals surface area (Å²) in [5, 5.41) is 6.71. The van der Waals surface area contributed by atoms with Crippen molar-refractivity contribution in [3.8, 4) is 0 Å². The average Bonchev–Trinajstić information content (AvgIpc) is 1.87. The molecule has 0 aliphatic carbocycles. The van der Waals surface area contributed by atoms with Crippen molar-refractivity contribution in [2.24, 2.45) is 7.05 Å². The summed E-state index contributed by atoms with van der Waals surface area (Å²) in [4.78, 5) is 0. The van der Waals surface area contributed by atoms with E-state index in [0.717, 1.165) is 0 Å². The van der Waals surface area contributed by atoms with Crippen molar-refractivity contribution in [1.82, 2.24) is 10.3 Å². The zero-order chi connectivity index (χ0) is 5.28. The Morgan fingerprint density at radius 1 is 2.00 bits per heavy atom. The first-order valence-electron chi connectivity index (χ1n) is 1.85. The molecule has 1 aromatic rings. The molecule has 0 aliphatic rings. The molecule has 0 bridgehead atoms. The standard InChI is InChI=1S/C3H4ClN3/c1-7-2-3(4)5-6-7/h2H,1H3/p+1. The van der Waals surface area contributed by atoms with Crippen LogP contribution in [0.15, 0.2) is 6.20 Å². The lowest BCUT2D eigenvalue weighted by molar-refractivity contribution is -0.730. The minimum absolute atomic E-state index is 0.488. The predicted octanol–water partition coefficient (Wildman–Crippen LogP) is -0.112. The number of nitrogens with zero attached hydrogens (tertiary/aromatic N) is 2. The number of aromatic nitrogens is 3. The largest absolute Gasteiger partial charge is 0.308 e. The number of aromatic amines is 1. The van der Waals surface area contributed by atoms with Gasteiger partial charge >= 0.3 is 5.15 Å². The van der Waals surface area contributed by atoms with Crippen LogP contribution in [0.5, 0.6) is 0 Å². The summed E-state index contributed by atoms with van der Waals surface area (Å²) in [5.74, 6) is 0. The molecule has 0 atom stereocenters. The quantitative estimate of drug-likeness (QED) is 0.474. The van der Waals surface area contributed by atoms with Crippen LogP contribution in [0, 0.1) is 0 Å². The molecule has 0 spiro atoms. The Balaban J connectivity index is 3.04. The number of aryl methyl sites for hydroxylation is 1. The molecule has 38 valence electrons. The van der Waals surface area contributed by atoms with Crippen LogP contribution in [0.4, 0.5) is 0 Å². The van der Waals surface area contributed by atoms with Gasteiger partial charge in [-0.25, -0.2) is 0 Å². The number of rotatable bonds is 0. The monoisotopic (exact) mass is 118 g/mol. The van der Waals surface area contributed by atoms with Gasteiger partial charge in [-0.3, -0.25) is 0 Å². The molecule has 1 N–H and O–H groups in total. The van der Waals surface area contributed by atoms with Crippen LogP contribution >= 0.6 is 11.6 Å². The first kappa shape index (κ1) is 4.59. The molecular weight excluding hydrogens is 114 g/mol. The maximum Gasteiger partial charge on any atom is 0.308 e. The highest BCUT2D eigenvalue weighted by atomic mass is 35.5. The minimum Gasteiger partial charge on any atom is -0.164 e. The van der Waals surface area contributed by atoms with E-state index >= 15 is 0 Å². The van der Waals surface area contributed by atoms with Crippen molar-refractivity contribution in [2.45, 2.75) is 0 Å². The molecule has 1 aromatic heterocycles. The lowest BCUT2D eigenvalue weighted by atomic mass is 10.9. The molecule has 0 unspecified atom stereocenters. The van der Waals surface area contributed by atoms with E-state index in [4.69, 9.17) is 11.6 Å². The first-order chi connectivity index (χ1) is 3.29. The van der Waals surface area contributed by atoms with Crippen molar-refractivity contribution < 1.29 is 4.68 Å². The predicted molar refractivity (Wildman–Crippen MR) is 24.8 cm³/mol. The molecule has 1 heterocycles. The lowest BCUT2D eigenvalue weighted by Gasteiger charge is -1.66. The van der Waals surface area contributed by atoms with Gasteiger partial charge in [0.25, 0.3) is 0 Å². The zero-order valence-electron chi connectivity index (χ0n) is 3.85. The highest BCUT2D eigenvalue weighted by Gasteiger charge is 1.97. The Morgan fingerprint density at radius 3 is 2.86 bits per heavy atom. The zero-order valence-corrected chi connectivity index (χ0v) is 4.61. The normalized spacial score (nSPS) is 9.43. The summed E-state index contributed by atoms with van der Waals surface area (Å²) in [6.45, 7) is 0. The molecule has 0 radical (unpaired) electrons. The molecular formula is C3H5ClN3+. The van der Waals surface area contributed by atoms with Gasteiger partial charge in [0, 0.05) is 0 Å². The fourth-order valence-corrected chi connectivity index (χ4v) is 0.528. The molecule has 4 heteroatoms. The molecule has 0 fully saturated rings. The van der Waals surface area contributed by atoms with Gasteiger partial charge in [0.05, 0.1) is 5.10 Å². The number of hydrogen-bond acceptors (Lipinski definition) is 1. The number of halogens is 1. The van der Waals surface area contributed by atoms with Crippen molar-refractivity contribution in [1.29, 1.82) is 0 Å². The van der Waals surface area contributed by atoms with Gasteiger partial charge in [0.1, 0.15) is 7.05 Å². The summed E-state index contributed by atoms with van der Waals surface area (Å²) < 4.78 is 1.67. The van der Waals surface area contributed by atoms with Gasteiger partial charge in [-0.1, -0.05) is 5.21 Å². The maximum atomic E-state index is 5.40. The SMILES string of the molecule is C[n+]1cc(Cl)n[nH]1. The van der Waals surface area contributed by atoms with Gasteiger partial charge in [0.2, 0.25) is 0 Å². The van der Waals surface area contributed by atoms with Crippen molar-refractivity contribution >= 4 is 11.6 Å². The van der Waals surface area contributed by atoms with E-state index < -0.39 is 0 Å². The molecule has 0 amide bonds. The minimum atomic E-state index is 0.488. The summed E-state index contributed by atoms with van der Waals surface area (Å²) in [7, 11) is 1.82. The van der Waals surface area contributed by atoms with Crippen LogP contribution < -0.4 is 4.68 Å². The van der Waals surface area contributed by atoms with E-state index in [1.165, 1.54) is 0 Å². The van der Waals surface area contributed by atoms with Gasteiger partial charge in [0.15, 0.2) is 6.20 Å². The second-order valence-corrected chi connectivity index (χ2v) is 1.66. The molecule has 0 aliphatic heterocycles. The van der Waals surface area contributed by atoms with E-state index in [2.05, 4.69) is 10.3 Å². The van der Waals surface area contributed by atoms with Crippen LogP contribution in [-0.2, 0) is 7.05 Å². The van der Waals surface area contributed by atoms with E-state index in [-0.39, 0.29) is 0 Å². The third kappa shape index (κ3) is 0.899. The van der Waals surface area contributed by atoms with E-state index in [0.29, 0.717) is 5.15 Å². The van der Waals surface area contributed by atoms with Crippen molar-refractivity contribution in [3.05, 3.63) is 11.3 Å². The maximum absolute atomic E-state index is 5.40. The third-order valence-corrected chi connectivity index (χ3v) is 0.797. The molecule has 3 nitrogen and oxygen atoms in total. The smallest absolute Gasteiger partial charge is 0.164 e. The first-order valence-corrected chi connectivity index (χ1v) is 2.23. The number of nitrogens with one attached hydrogen (secondary N) is 1. The van der Waals surface area contributed by atoms with Crippen LogP contribution in [0.2, 0.25) is 5.15 Å². The second-order valence-electron chi connectivity index (χ2n) is 1.27. The Bertz CT molecular complexity index is 142. The Labute approximate surface area is 45.9 Å². The highest BCUT2D eigenvalue weighted by Crippen LogP contribution is 1.92. The Hall–Kier alpha value is -0.570. The second kappa shape index (κ2) is 1.50. The van der Waals surface area contributed by atoms with Gasteiger partial charge in [-0.15, -0.1) is 0 Å². The van der Waals surface area contributed by atoms with E-state index in [1.807, 2.05) is 7.05 Å². The topological polar surface area (TPSA) is 32.6 Å². The third-order valence-electron chi connectivity index (χ3n) is 0.615. The van der Waals surface area contributed by atoms with Crippen LogP contribution in [0.25, 0.3) is 0 Å². The van der Waals surface area contributed by atoms with E-state index in [9.17, 15) is 0 Å². The Kier molecular flexibility index (Phi) is 0.982. The molecule has 0 aromatic carbocycles. The average molecular weight is 119 g/mol. The summed E-state index contributed by atoms with van der Waals surface area (Å²) in [6.07, 6.45) is 1.68. The fourth-order valence-electron chi connectivity index (χ4n) is 0.344. The molecule has 0 saturated carbocycles. The summed E-state index contributed by atoms with van der Waals surface area (Å²) in [5.41, 5.74) is 0. The highest BCUT2D eigenvalue weighted by molar-refractivity contribution is 6.29. The van der Waals surface area contributed by atoms with E-state index in [1.54, 1.807) is 10.9 Å². The lowest BCUT2D eigenvalue weighted by Crippen LogP contribution is -2.28. The molecule has 1 rings (SSSR count). The van der Waals surface area contributed by atoms with Crippen molar-refractivity contribution in [2.75, 3.05) is 0 Å². The van der Waals surface area contributed by atoms with Gasteiger partial charge in [-0.05, 0) is 11.6 Å². The summed E-state index contributed by atoms with van der Waals surface area (Å²) in [6, 6.07) is 0.